The molecule has 0 aliphatic heterocycles. The SMILES string of the molecule is COCc1ccc(C)c(CN)n1. The van der Waals surface area contributed by atoms with Crippen molar-refractivity contribution < 1.29 is 4.74 Å². The van der Waals surface area contributed by atoms with Crippen LogP contribution in [0.1, 0.15) is 17.0 Å². The quantitative estimate of drug-likeness (QED) is 0.728. The molecule has 0 saturated heterocycles. The molecule has 66 valence electrons. The van der Waals surface area contributed by atoms with E-state index in [4.69, 9.17) is 10.5 Å². The van der Waals surface area contributed by atoms with Gasteiger partial charge < -0.3 is 10.5 Å². The molecule has 0 amide bonds. The van der Waals surface area contributed by atoms with Crippen LogP contribution in [-0.2, 0) is 17.9 Å². The molecule has 1 rings (SSSR count). The van der Waals surface area contributed by atoms with E-state index in [1.807, 2.05) is 19.1 Å². The molecule has 0 bridgehead atoms. The summed E-state index contributed by atoms with van der Waals surface area (Å²) in [5.74, 6) is 0. The Labute approximate surface area is 72.6 Å². The lowest BCUT2D eigenvalue weighted by Crippen LogP contribution is -2.05. The fourth-order valence-electron chi connectivity index (χ4n) is 1.05. The van der Waals surface area contributed by atoms with Crippen molar-refractivity contribution in [2.24, 2.45) is 5.73 Å². The third kappa shape index (κ3) is 2.03. The smallest absolute Gasteiger partial charge is 0.0884 e. The predicted molar refractivity (Wildman–Crippen MR) is 47.6 cm³/mol. The Morgan fingerprint density at radius 3 is 2.83 bits per heavy atom. The zero-order chi connectivity index (χ0) is 8.97. The molecule has 0 radical (unpaired) electrons. The second-order valence-corrected chi connectivity index (χ2v) is 2.70. The fourth-order valence-corrected chi connectivity index (χ4v) is 1.05. The lowest BCUT2D eigenvalue weighted by Gasteiger charge is -2.04. The second kappa shape index (κ2) is 4.18. The van der Waals surface area contributed by atoms with Crippen LogP contribution in [0.15, 0.2) is 12.1 Å². The van der Waals surface area contributed by atoms with Gasteiger partial charge in [0.2, 0.25) is 0 Å². The highest BCUT2D eigenvalue weighted by Crippen LogP contribution is 2.06. The van der Waals surface area contributed by atoms with Crippen LogP contribution in [0.4, 0.5) is 0 Å². The Kier molecular flexibility index (Phi) is 3.19. The fraction of sp³-hybridized carbons (Fsp3) is 0.444. The van der Waals surface area contributed by atoms with E-state index in [1.54, 1.807) is 7.11 Å². The van der Waals surface area contributed by atoms with Crippen LogP contribution >= 0.6 is 0 Å². The lowest BCUT2D eigenvalue weighted by atomic mass is 10.2. The molecule has 0 unspecified atom stereocenters. The van der Waals surface area contributed by atoms with Gasteiger partial charge in [-0.25, -0.2) is 0 Å². The Morgan fingerprint density at radius 1 is 1.50 bits per heavy atom. The van der Waals surface area contributed by atoms with E-state index in [2.05, 4.69) is 4.98 Å². The van der Waals surface area contributed by atoms with Gasteiger partial charge in [0, 0.05) is 13.7 Å². The summed E-state index contributed by atoms with van der Waals surface area (Å²) >= 11 is 0. The summed E-state index contributed by atoms with van der Waals surface area (Å²) in [5.41, 5.74) is 8.53. The van der Waals surface area contributed by atoms with Crippen LogP contribution in [0.5, 0.6) is 0 Å². The second-order valence-electron chi connectivity index (χ2n) is 2.70. The molecule has 2 N–H and O–H groups in total. The summed E-state index contributed by atoms with van der Waals surface area (Å²) in [6.07, 6.45) is 0. The number of nitrogens with two attached hydrogens (primary N) is 1. The highest BCUT2D eigenvalue weighted by molar-refractivity contribution is 5.21. The van der Waals surface area contributed by atoms with Gasteiger partial charge in [-0.2, -0.15) is 0 Å². The molecule has 0 atom stereocenters. The molecule has 1 heterocycles. The number of aryl methyl sites for hydroxylation is 1. The number of hydrogen-bond donors (Lipinski definition) is 1. The van der Waals surface area contributed by atoms with Gasteiger partial charge in [0.1, 0.15) is 0 Å². The summed E-state index contributed by atoms with van der Waals surface area (Å²) < 4.78 is 4.96. The molecular weight excluding hydrogens is 152 g/mol. The van der Waals surface area contributed by atoms with E-state index in [0.29, 0.717) is 13.2 Å². The number of aromatic nitrogens is 1. The molecule has 0 fully saturated rings. The lowest BCUT2D eigenvalue weighted by molar-refractivity contribution is 0.181. The van der Waals surface area contributed by atoms with Gasteiger partial charge in [-0.1, -0.05) is 6.07 Å². The third-order valence-corrected chi connectivity index (χ3v) is 1.75. The predicted octanol–water partition coefficient (Wildman–Crippen LogP) is 0.995. The number of pyridine rings is 1. The van der Waals surface area contributed by atoms with Gasteiger partial charge in [-0.3, -0.25) is 4.98 Å². The van der Waals surface area contributed by atoms with E-state index < -0.39 is 0 Å². The van der Waals surface area contributed by atoms with Crippen molar-refractivity contribution in [3.05, 3.63) is 29.1 Å². The monoisotopic (exact) mass is 166 g/mol. The number of nitrogens with zero attached hydrogens (tertiary/aromatic N) is 1. The van der Waals surface area contributed by atoms with Crippen molar-refractivity contribution in [2.75, 3.05) is 7.11 Å². The molecule has 3 nitrogen and oxygen atoms in total. The molecule has 3 heteroatoms. The maximum atomic E-state index is 5.51. The van der Waals surface area contributed by atoms with Crippen molar-refractivity contribution in [3.63, 3.8) is 0 Å². The van der Waals surface area contributed by atoms with Crippen LogP contribution < -0.4 is 5.73 Å². The van der Waals surface area contributed by atoms with E-state index >= 15 is 0 Å². The topological polar surface area (TPSA) is 48.1 Å². The van der Waals surface area contributed by atoms with Gasteiger partial charge in [-0.15, -0.1) is 0 Å². The number of rotatable bonds is 3. The number of hydrogen-bond acceptors (Lipinski definition) is 3. The van der Waals surface area contributed by atoms with Gasteiger partial charge in [0.05, 0.1) is 18.0 Å². The summed E-state index contributed by atoms with van der Waals surface area (Å²) in [6.45, 7) is 3.04. The van der Waals surface area contributed by atoms with Gasteiger partial charge >= 0.3 is 0 Å². The highest BCUT2D eigenvalue weighted by atomic mass is 16.5. The van der Waals surface area contributed by atoms with Crippen molar-refractivity contribution >= 4 is 0 Å². The van der Waals surface area contributed by atoms with E-state index in [9.17, 15) is 0 Å². The van der Waals surface area contributed by atoms with E-state index in [1.165, 1.54) is 0 Å². The van der Waals surface area contributed by atoms with Gasteiger partial charge in [-0.05, 0) is 18.6 Å². The first-order chi connectivity index (χ1) is 5.77. The Balaban J connectivity index is 2.89. The average molecular weight is 166 g/mol. The maximum absolute atomic E-state index is 5.51. The van der Waals surface area contributed by atoms with Crippen molar-refractivity contribution in [1.82, 2.24) is 4.98 Å². The summed E-state index contributed by atoms with van der Waals surface area (Å²) in [6, 6.07) is 3.97. The zero-order valence-corrected chi connectivity index (χ0v) is 7.50. The minimum Gasteiger partial charge on any atom is -0.378 e. The van der Waals surface area contributed by atoms with Gasteiger partial charge in [0.25, 0.3) is 0 Å². The van der Waals surface area contributed by atoms with Crippen molar-refractivity contribution in [3.8, 4) is 0 Å². The summed E-state index contributed by atoms with van der Waals surface area (Å²) in [4.78, 5) is 4.33. The number of methoxy groups -OCH3 is 1. The van der Waals surface area contributed by atoms with Crippen LogP contribution in [0.25, 0.3) is 0 Å². The summed E-state index contributed by atoms with van der Waals surface area (Å²) in [5, 5.41) is 0. The average Bonchev–Trinajstić information content (AvgIpc) is 2.09. The highest BCUT2D eigenvalue weighted by Gasteiger charge is 1.99. The normalized spacial score (nSPS) is 10.2. The van der Waals surface area contributed by atoms with Crippen LogP contribution in [-0.4, -0.2) is 12.1 Å². The molecule has 12 heavy (non-hydrogen) atoms. The van der Waals surface area contributed by atoms with Crippen LogP contribution in [0, 0.1) is 6.92 Å². The molecule has 0 spiro atoms. The minimum atomic E-state index is 0.489. The standard InChI is InChI=1S/C9H14N2O/c1-7-3-4-8(6-12-2)11-9(7)5-10/h3-4H,5-6,10H2,1-2H3. The largest absolute Gasteiger partial charge is 0.378 e. The van der Waals surface area contributed by atoms with E-state index in [0.717, 1.165) is 17.0 Å². The Morgan fingerprint density at radius 2 is 2.25 bits per heavy atom. The van der Waals surface area contributed by atoms with E-state index in [-0.39, 0.29) is 0 Å². The third-order valence-electron chi connectivity index (χ3n) is 1.75. The Hall–Kier alpha value is -0.930. The minimum absolute atomic E-state index is 0.489. The molecule has 0 saturated carbocycles. The summed E-state index contributed by atoms with van der Waals surface area (Å²) in [7, 11) is 1.66. The van der Waals surface area contributed by atoms with Crippen LogP contribution in [0.2, 0.25) is 0 Å². The molecule has 0 aliphatic rings. The maximum Gasteiger partial charge on any atom is 0.0884 e. The molecular formula is C9H14N2O. The zero-order valence-electron chi connectivity index (χ0n) is 7.50. The first kappa shape index (κ1) is 9.16. The van der Waals surface area contributed by atoms with Crippen LogP contribution in [0.3, 0.4) is 0 Å². The van der Waals surface area contributed by atoms with Crippen molar-refractivity contribution in [2.45, 2.75) is 20.1 Å². The first-order valence-electron chi connectivity index (χ1n) is 3.92. The van der Waals surface area contributed by atoms with Gasteiger partial charge in [0.15, 0.2) is 0 Å². The first-order valence-corrected chi connectivity index (χ1v) is 3.92. The number of ether oxygens (including phenoxy) is 1. The van der Waals surface area contributed by atoms with Crippen molar-refractivity contribution in [1.29, 1.82) is 0 Å². The molecule has 1 aromatic heterocycles. The molecule has 1 aromatic rings. The molecule has 0 aliphatic carbocycles. The Bertz CT molecular complexity index is 261. The molecule has 0 aromatic carbocycles.